The molecule has 2 aromatic carbocycles. The largest absolute Gasteiger partial charge is 0.478 e. The summed E-state index contributed by atoms with van der Waals surface area (Å²) < 4.78 is 1.70. The number of rotatable bonds is 3. The molecule has 98 valence electrons. The Labute approximate surface area is 126 Å². The zero-order valence-corrected chi connectivity index (χ0v) is 12.8. The molecule has 2 aromatic rings. The molecule has 4 nitrogen and oxygen atoms in total. The molecule has 4 N–H and O–H groups in total. The second-order valence-corrected chi connectivity index (χ2v) is 5.50. The van der Waals surface area contributed by atoms with Gasteiger partial charge in [-0.1, -0.05) is 12.1 Å². The highest BCUT2D eigenvalue weighted by Crippen LogP contribution is 2.35. The maximum Gasteiger partial charge on any atom is 0.337 e. The number of nitrogen functional groups attached to an aromatic ring is 1. The van der Waals surface area contributed by atoms with Crippen molar-refractivity contribution in [2.45, 2.75) is 0 Å². The smallest absolute Gasteiger partial charge is 0.337 e. The average molecular weight is 386 g/mol. The van der Waals surface area contributed by atoms with Gasteiger partial charge in [-0.15, -0.1) is 0 Å². The molecular weight excluding hydrogens is 376 g/mol. The summed E-state index contributed by atoms with van der Waals surface area (Å²) in [6, 6.07) is 10.5. The maximum absolute atomic E-state index is 11.0. The molecule has 0 aromatic heterocycles. The van der Waals surface area contributed by atoms with Crippen LogP contribution in [0.4, 0.5) is 17.1 Å². The van der Waals surface area contributed by atoms with E-state index in [1.165, 1.54) is 6.07 Å². The van der Waals surface area contributed by atoms with Crippen LogP contribution < -0.4 is 11.1 Å². The van der Waals surface area contributed by atoms with Crippen LogP contribution in [-0.2, 0) is 0 Å². The van der Waals surface area contributed by atoms with Crippen molar-refractivity contribution in [2.75, 3.05) is 11.1 Å². The number of para-hydroxylation sites is 2. The second kappa shape index (κ2) is 5.63. The number of carbonyl (C=O) groups is 1. The van der Waals surface area contributed by atoms with E-state index in [4.69, 9.17) is 10.8 Å². The Hall–Kier alpha value is -1.53. The zero-order valence-electron chi connectivity index (χ0n) is 9.65. The van der Waals surface area contributed by atoms with Gasteiger partial charge in [-0.25, -0.2) is 4.79 Å². The summed E-state index contributed by atoms with van der Waals surface area (Å²) in [5, 5.41) is 12.2. The van der Waals surface area contributed by atoms with E-state index in [9.17, 15) is 4.79 Å². The number of benzene rings is 2. The number of halogens is 2. The van der Waals surface area contributed by atoms with Gasteiger partial charge in [0.15, 0.2) is 0 Å². The monoisotopic (exact) mass is 384 g/mol. The average Bonchev–Trinajstić information content (AvgIpc) is 2.35. The van der Waals surface area contributed by atoms with Crippen molar-refractivity contribution in [1.82, 2.24) is 0 Å². The van der Waals surface area contributed by atoms with Gasteiger partial charge in [-0.2, -0.15) is 0 Å². The van der Waals surface area contributed by atoms with E-state index in [1.54, 1.807) is 12.1 Å². The van der Waals surface area contributed by atoms with E-state index in [-0.39, 0.29) is 11.3 Å². The highest BCUT2D eigenvalue weighted by atomic mass is 79.9. The summed E-state index contributed by atoms with van der Waals surface area (Å²) in [6.45, 7) is 0. The van der Waals surface area contributed by atoms with Crippen molar-refractivity contribution in [2.24, 2.45) is 0 Å². The molecule has 0 unspecified atom stereocenters. The van der Waals surface area contributed by atoms with Crippen LogP contribution in [0, 0.1) is 0 Å². The van der Waals surface area contributed by atoms with Crippen molar-refractivity contribution >= 4 is 54.9 Å². The lowest BCUT2D eigenvalue weighted by Gasteiger charge is -2.13. The molecule has 0 amide bonds. The summed E-state index contributed by atoms with van der Waals surface area (Å²) in [5.74, 6) is -1.05. The third-order valence-electron chi connectivity index (χ3n) is 2.56. The molecule has 0 spiro atoms. The van der Waals surface area contributed by atoms with Crippen molar-refractivity contribution < 1.29 is 9.90 Å². The topological polar surface area (TPSA) is 75.3 Å². The van der Waals surface area contributed by atoms with Crippen molar-refractivity contribution in [3.8, 4) is 0 Å². The number of carboxylic acids is 1. The van der Waals surface area contributed by atoms with E-state index in [0.717, 1.165) is 14.6 Å². The third-order valence-corrected chi connectivity index (χ3v) is 3.88. The predicted molar refractivity (Wildman–Crippen MR) is 82.9 cm³/mol. The molecule has 0 aliphatic rings. The first-order chi connectivity index (χ1) is 9.00. The number of aromatic carboxylic acids is 1. The van der Waals surface area contributed by atoms with Gasteiger partial charge < -0.3 is 16.2 Å². The first kappa shape index (κ1) is 13.9. The minimum Gasteiger partial charge on any atom is -0.478 e. The molecule has 6 heteroatoms. The lowest BCUT2D eigenvalue weighted by Crippen LogP contribution is -2.05. The van der Waals surface area contributed by atoms with Gasteiger partial charge in [-0.05, 0) is 56.1 Å². The fourth-order valence-corrected chi connectivity index (χ4v) is 2.81. The van der Waals surface area contributed by atoms with Gasteiger partial charge in [0.25, 0.3) is 0 Å². The molecule has 0 radical (unpaired) electrons. The van der Waals surface area contributed by atoms with Crippen LogP contribution in [0.2, 0.25) is 0 Å². The molecule has 19 heavy (non-hydrogen) atoms. The zero-order chi connectivity index (χ0) is 14.0. The third kappa shape index (κ3) is 2.90. The highest BCUT2D eigenvalue weighted by Gasteiger charge is 2.12. The number of carboxylic acid groups (broad SMARTS) is 1. The first-order valence-corrected chi connectivity index (χ1v) is 6.92. The molecular formula is C13H10Br2N2O2. The molecule has 0 bridgehead atoms. The van der Waals surface area contributed by atoms with Crippen molar-refractivity contribution in [3.63, 3.8) is 0 Å². The van der Waals surface area contributed by atoms with E-state index in [2.05, 4.69) is 37.2 Å². The summed E-state index contributed by atoms with van der Waals surface area (Å²) in [4.78, 5) is 11.0. The van der Waals surface area contributed by atoms with Gasteiger partial charge in [0.05, 0.1) is 22.6 Å². The minimum absolute atomic E-state index is 0.0770. The lowest BCUT2D eigenvalue weighted by atomic mass is 10.1. The quantitative estimate of drug-likeness (QED) is 0.691. The number of nitrogens with one attached hydrogen (secondary N) is 1. The number of hydrogen-bond donors (Lipinski definition) is 3. The molecule has 0 aliphatic heterocycles. The summed E-state index contributed by atoms with van der Waals surface area (Å²) in [5.41, 5.74) is 7.48. The van der Waals surface area contributed by atoms with Crippen molar-refractivity contribution in [3.05, 3.63) is 50.9 Å². The van der Waals surface area contributed by atoms with Crippen LogP contribution in [0.15, 0.2) is 45.3 Å². The lowest BCUT2D eigenvalue weighted by molar-refractivity contribution is 0.0698. The van der Waals surface area contributed by atoms with Gasteiger partial charge >= 0.3 is 5.97 Å². The van der Waals surface area contributed by atoms with Crippen LogP contribution in [0.25, 0.3) is 0 Å². The SMILES string of the molecule is Nc1c(Nc2c(Br)cccc2Br)cccc1C(=O)O. The Balaban J connectivity index is 2.45. The molecule has 0 fully saturated rings. The Kier molecular flexibility index (Phi) is 4.11. The van der Waals surface area contributed by atoms with Gasteiger partial charge in [-0.3, -0.25) is 0 Å². The normalized spacial score (nSPS) is 10.2. The maximum atomic E-state index is 11.0. The van der Waals surface area contributed by atoms with E-state index < -0.39 is 5.97 Å². The fraction of sp³-hybridized carbons (Fsp3) is 0. The second-order valence-electron chi connectivity index (χ2n) is 3.79. The standard InChI is InChI=1S/C13H10Br2N2O2/c14-8-4-2-5-9(15)12(8)17-10-6-1-3-7(11(10)16)13(18)19/h1-6,17H,16H2,(H,18,19). The van der Waals surface area contributed by atoms with E-state index in [1.807, 2.05) is 18.2 Å². The Bertz CT molecular complexity index is 624. The summed E-state index contributed by atoms with van der Waals surface area (Å²) in [6.07, 6.45) is 0. The molecule has 2 rings (SSSR count). The first-order valence-electron chi connectivity index (χ1n) is 5.33. The van der Waals surface area contributed by atoms with Gasteiger partial charge in [0.2, 0.25) is 0 Å². The van der Waals surface area contributed by atoms with Crippen LogP contribution in [0.3, 0.4) is 0 Å². The van der Waals surface area contributed by atoms with Crippen LogP contribution in [-0.4, -0.2) is 11.1 Å². The number of hydrogen-bond acceptors (Lipinski definition) is 3. The molecule has 0 heterocycles. The van der Waals surface area contributed by atoms with Crippen LogP contribution in [0.1, 0.15) is 10.4 Å². The Morgan fingerprint density at radius 2 is 1.68 bits per heavy atom. The number of nitrogens with two attached hydrogens (primary N) is 1. The molecule has 0 aliphatic carbocycles. The number of anilines is 3. The fourth-order valence-electron chi connectivity index (χ4n) is 1.61. The predicted octanol–water partition coefficient (Wildman–Crippen LogP) is 4.24. The van der Waals surface area contributed by atoms with Crippen LogP contribution >= 0.6 is 31.9 Å². The molecule has 0 saturated carbocycles. The van der Waals surface area contributed by atoms with Crippen molar-refractivity contribution in [1.29, 1.82) is 0 Å². The molecule has 0 atom stereocenters. The highest BCUT2D eigenvalue weighted by molar-refractivity contribution is 9.11. The Morgan fingerprint density at radius 3 is 2.26 bits per heavy atom. The Morgan fingerprint density at radius 1 is 1.11 bits per heavy atom. The summed E-state index contributed by atoms with van der Waals surface area (Å²) >= 11 is 6.85. The minimum atomic E-state index is -1.05. The van der Waals surface area contributed by atoms with Gasteiger partial charge in [0, 0.05) is 8.95 Å². The molecule has 0 saturated heterocycles. The van der Waals surface area contributed by atoms with Gasteiger partial charge in [0.1, 0.15) is 0 Å². The van der Waals surface area contributed by atoms with Crippen LogP contribution in [0.5, 0.6) is 0 Å². The van der Waals surface area contributed by atoms with E-state index >= 15 is 0 Å². The van der Waals surface area contributed by atoms with E-state index in [0.29, 0.717) is 5.69 Å². The summed E-state index contributed by atoms with van der Waals surface area (Å²) in [7, 11) is 0.